The molecule has 3 unspecified atom stereocenters. The number of benzene rings is 5. The molecule has 5 aromatic carbocycles. The van der Waals surface area contributed by atoms with Gasteiger partial charge in [-0.1, -0.05) is 152 Å². The van der Waals surface area contributed by atoms with Crippen LogP contribution in [0.5, 0.6) is 5.75 Å². The van der Waals surface area contributed by atoms with Crippen LogP contribution in [0.25, 0.3) is 45.6 Å². The van der Waals surface area contributed by atoms with Crippen LogP contribution in [0.15, 0.2) is 175 Å². The van der Waals surface area contributed by atoms with Gasteiger partial charge in [0.15, 0.2) is 5.82 Å². The molecule has 0 radical (unpaired) electrons. The Hall–Kier alpha value is -6.32. The molecular weight excluding hydrogens is 657 g/mol. The summed E-state index contributed by atoms with van der Waals surface area (Å²) in [6.07, 6.45) is 20.2. The Bertz CT molecular complexity index is 2660. The molecule has 0 saturated heterocycles. The zero-order chi connectivity index (χ0) is 35.6. The third-order valence-corrected chi connectivity index (χ3v) is 12.2. The van der Waals surface area contributed by atoms with Crippen LogP contribution in [-0.2, 0) is 11.8 Å². The molecule has 1 spiro atoms. The van der Waals surface area contributed by atoms with Gasteiger partial charge in [-0.15, -0.1) is 0 Å². The lowest BCUT2D eigenvalue weighted by molar-refractivity contribution is 0.340. The molecule has 0 fully saturated rings. The number of rotatable bonds is 4. The van der Waals surface area contributed by atoms with Crippen molar-refractivity contribution in [2.75, 3.05) is 0 Å². The largest absolute Gasteiger partial charge is 0.456 e. The molecule has 3 heteroatoms. The second kappa shape index (κ2) is 12.4. The van der Waals surface area contributed by atoms with E-state index in [1.165, 1.54) is 33.4 Å². The van der Waals surface area contributed by atoms with E-state index >= 15 is 0 Å². The molecule has 0 N–H and O–H groups in total. The quantitative estimate of drug-likeness (QED) is 0.184. The number of ether oxygens (including phenoxy) is 1. The van der Waals surface area contributed by atoms with Gasteiger partial charge < -0.3 is 4.74 Å². The lowest BCUT2D eigenvalue weighted by Gasteiger charge is -2.46. The van der Waals surface area contributed by atoms with E-state index < -0.39 is 0 Å². The summed E-state index contributed by atoms with van der Waals surface area (Å²) in [5.41, 5.74) is 15.0. The van der Waals surface area contributed by atoms with Gasteiger partial charge in [0.2, 0.25) is 0 Å². The minimum atomic E-state index is -0.334. The van der Waals surface area contributed by atoms with Crippen molar-refractivity contribution < 1.29 is 4.74 Å². The summed E-state index contributed by atoms with van der Waals surface area (Å²) in [6.45, 7) is 0. The number of aryl methyl sites for hydroxylation is 1. The van der Waals surface area contributed by atoms with Crippen molar-refractivity contribution in [2.24, 2.45) is 5.92 Å². The van der Waals surface area contributed by atoms with Crippen LogP contribution < -0.4 is 4.74 Å². The summed E-state index contributed by atoms with van der Waals surface area (Å²) in [4.78, 5) is 10.7. The third-order valence-electron chi connectivity index (χ3n) is 12.2. The van der Waals surface area contributed by atoms with Crippen LogP contribution >= 0.6 is 0 Å². The lowest BCUT2D eigenvalue weighted by Crippen LogP contribution is -2.40. The summed E-state index contributed by atoms with van der Waals surface area (Å²) in [5, 5.41) is 0. The monoisotopic (exact) mass is 694 g/mol. The predicted molar refractivity (Wildman–Crippen MR) is 219 cm³/mol. The van der Waals surface area contributed by atoms with Gasteiger partial charge in [0.25, 0.3) is 0 Å². The molecular formula is C51H38N2O. The molecule has 3 nitrogen and oxygen atoms in total. The fourth-order valence-electron chi connectivity index (χ4n) is 9.92. The molecule has 0 bridgehead atoms. The highest BCUT2D eigenvalue weighted by Gasteiger charge is 2.57. The smallest absolute Gasteiger partial charge is 0.161 e. The van der Waals surface area contributed by atoms with Crippen molar-refractivity contribution >= 4 is 11.6 Å². The van der Waals surface area contributed by atoms with Crippen molar-refractivity contribution in [3.8, 4) is 39.7 Å². The average Bonchev–Trinajstić information content (AvgIpc) is 3.54. The van der Waals surface area contributed by atoms with Gasteiger partial charge in [-0.05, 0) is 77.3 Å². The average molecular weight is 695 g/mol. The summed E-state index contributed by atoms with van der Waals surface area (Å²) in [7, 11) is 0. The minimum absolute atomic E-state index is 0.255. The van der Waals surface area contributed by atoms with Crippen molar-refractivity contribution in [2.45, 2.75) is 37.0 Å². The molecule has 2 heterocycles. The van der Waals surface area contributed by atoms with E-state index in [9.17, 15) is 0 Å². The molecule has 0 saturated carbocycles. The summed E-state index contributed by atoms with van der Waals surface area (Å²) >= 11 is 0. The van der Waals surface area contributed by atoms with Crippen LogP contribution in [0.1, 0.15) is 58.6 Å². The van der Waals surface area contributed by atoms with Crippen molar-refractivity contribution in [1.29, 1.82) is 0 Å². The van der Waals surface area contributed by atoms with E-state index in [2.05, 4.69) is 170 Å². The number of aromatic nitrogens is 2. The molecule has 5 aliphatic rings. The molecule has 11 rings (SSSR count). The fourth-order valence-corrected chi connectivity index (χ4v) is 9.92. The predicted octanol–water partition coefficient (Wildman–Crippen LogP) is 12.1. The summed E-state index contributed by atoms with van der Waals surface area (Å²) in [5.74, 6) is 3.19. The topological polar surface area (TPSA) is 35.0 Å². The zero-order valence-electron chi connectivity index (χ0n) is 30.0. The molecule has 1 aliphatic heterocycles. The maximum absolute atomic E-state index is 7.14. The van der Waals surface area contributed by atoms with E-state index in [0.717, 1.165) is 76.4 Å². The van der Waals surface area contributed by atoms with Crippen LogP contribution in [0.2, 0.25) is 0 Å². The van der Waals surface area contributed by atoms with Crippen LogP contribution in [0.3, 0.4) is 0 Å². The number of hydrogen-bond donors (Lipinski definition) is 0. The first-order valence-corrected chi connectivity index (χ1v) is 19.3. The van der Waals surface area contributed by atoms with E-state index in [0.29, 0.717) is 11.7 Å². The van der Waals surface area contributed by atoms with Crippen molar-refractivity contribution in [3.05, 3.63) is 209 Å². The van der Waals surface area contributed by atoms with Crippen LogP contribution in [0, 0.1) is 5.92 Å². The highest BCUT2D eigenvalue weighted by Crippen LogP contribution is 2.65. The normalized spacial score (nSPS) is 21.4. The number of para-hydroxylation sites is 1. The van der Waals surface area contributed by atoms with Gasteiger partial charge >= 0.3 is 0 Å². The SMILES string of the molecule is C1=CC2c3ccccc3C3(C4=C(Oc5ccccc53)C(c3ccccc3-c3nc(-c5ccccc5)cc(-c5ccc6c(c5)CCC=C6)n3)=CCC4)C2C=C1. The highest BCUT2D eigenvalue weighted by molar-refractivity contribution is 5.90. The first kappa shape index (κ1) is 31.2. The molecule has 258 valence electrons. The van der Waals surface area contributed by atoms with E-state index in [-0.39, 0.29) is 11.3 Å². The van der Waals surface area contributed by atoms with Crippen LogP contribution in [-0.4, -0.2) is 9.97 Å². The Morgan fingerprint density at radius 3 is 2.30 bits per heavy atom. The highest BCUT2D eigenvalue weighted by atomic mass is 16.5. The second-order valence-corrected chi connectivity index (χ2v) is 15.0. The van der Waals surface area contributed by atoms with Gasteiger partial charge in [-0.25, -0.2) is 9.97 Å². The van der Waals surface area contributed by atoms with E-state index in [1.807, 2.05) is 0 Å². The Morgan fingerprint density at radius 2 is 1.39 bits per heavy atom. The maximum Gasteiger partial charge on any atom is 0.161 e. The Morgan fingerprint density at radius 1 is 0.630 bits per heavy atom. The van der Waals surface area contributed by atoms with Gasteiger partial charge in [-0.3, -0.25) is 0 Å². The number of fused-ring (bicyclic) bond motifs is 9. The zero-order valence-corrected chi connectivity index (χ0v) is 30.0. The molecule has 54 heavy (non-hydrogen) atoms. The Balaban J connectivity index is 1.11. The second-order valence-electron chi connectivity index (χ2n) is 15.0. The van der Waals surface area contributed by atoms with Crippen molar-refractivity contribution in [1.82, 2.24) is 9.97 Å². The van der Waals surface area contributed by atoms with E-state index in [1.54, 1.807) is 0 Å². The summed E-state index contributed by atoms with van der Waals surface area (Å²) < 4.78 is 7.14. The maximum atomic E-state index is 7.14. The van der Waals surface area contributed by atoms with Gasteiger partial charge in [0, 0.05) is 39.7 Å². The Kier molecular flexibility index (Phi) is 7.16. The first-order valence-electron chi connectivity index (χ1n) is 19.3. The van der Waals surface area contributed by atoms with Gasteiger partial charge in [0.1, 0.15) is 11.5 Å². The van der Waals surface area contributed by atoms with Gasteiger partial charge in [0.05, 0.1) is 16.8 Å². The molecule has 6 aromatic rings. The standard InChI is InChI=1S/C51H38N2O/c1-2-16-34(17-3-1)46-32-47(36-30-29-33-15-4-5-18-35(33)31-36)53-50(52-46)41-22-7-6-19-37(41)40-23-14-27-45-49(40)54-48-28-13-12-26-44(48)51(45)42-24-10-8-20-38(42)39-21-9-11-25-43(39)51/h1-4,6-13,15-17,19-26,28-32,38,42H,5,14,18,27H2. The molecule has 4 aliphatic carbocycles. The third kappa shape index (κ3) is 4.67. The lowest BCUT2D eigenvalue weighted by atomic mass is 9.59. The number of nitrogens with zero attached hydrogens (tertiary/aromatic N) is 2. The number of hydrogen-bond acceptors (Lipinski definition) is 3. The van der Waals surface area contributed by atoms with E-state index in [4.69, 9.17) is 14.7 Å². The van der Waals surface area contributed by atoms with Crippen LogP contribution in [0.4, 0.5) is 0 Å². The minimum Gasteiger partial charge on any atom is -0.456 e. The van der Waals surface area contributed by atoms with Gasteiger partial charge in [-0.2, -0.15) is 0 Å². The molecule has 1 aromatic heterocycles. The molecule has 3 atom stereocenters. The number of allylic oxidation sites excluding steroid dienone is 8. The summed E-state index contributed by atoms with van der Waals surface area (Å²) in [6, 6.07) is 45.9. The van der Waals surface area contributed by atoms with Crippen molar-refractivity contribution in [3.63, 3.8) is 0 Å². The fraction of sp³-hybridized carbons (Fsp3) is 0.137. The Labute approximate surface area is 316 Å². The first-order chi connectivity index (χ1) is 26.8. The molecule has 0 amide bonds.